The van der Waals surface area contributed by atoms with Crippen molar-refractivity contribution < 1.29 is 54.7 Å². The third-order valence-corrected chi connectivity index (χ3v) is 12.9. The highest BCUT2D eigenvalue weighted by atomic mass is 127. The first-order valence-electron chi connectivity index (χ1n) is 19.2. The predicted octanol–water partition coefficient (Wildman–Crippen LogP) is 9.70. The van der Waals surface area contributed by atoms with Crippen molar-refractivity contribution in [2.75, 3.05) is 58.9 Å². The Morgan fingerprint density at radius 1 is 0.453 bits per heavy atom. The number of hydrogen-bond acceptors (Lipinski definition) is 12. The maximum atomic E-state index is 13.7. The SMILES string of the molecule is COc1cc(S(=O)(=O)Nc2ccccc2/C=C\c2cc(OC)c(OC)c(OC)c2)ccc1OCOc1cc(/C=C\c2ccccc2NS(=O)(=O)c2ccc(I)cc2)cc(OC)c1OC. The molecule has 0 radical (unpaired) electrons. The number of sulfonamides is 2. The lowest BCUT2D eigenvalue weighted by molar-refractivity contribution is 0.112. The summed E-state index contributed by atoms with van der Waals surface area (Å²) in [5.74, 6) is 2.69. The summed E-state index contributed by atoms with van der Waals surface area (Å²) < 4.78 is 105. The summed E-state index contributed by atoms with van der Waals surface area (Å²) in [6.45, 7) is -0.331. The van der Waals surface area contributed by atoms with E-state index in [4.69, 9.17) is 37.9 Å². The molecule has 0 aliphatic carbocycles. The largest absolute Gasteiger partial charge is 0.493 e. The van der Waals surface area contributed by atoms with E-state index in [-0.39, 0.29) is 33.8 Å². The lowest BCUT2D eigenvalue weighted by atomic mass is 10.1. The van der Waals surface area contributed by atoms with E-state index in [2.05, 4.69) is 32.0 Å². The Bertz CT molecular complexity index is 2860. The molecular formula is C47H45IN2O12S2. The summed E-state index contributed by atoms with van der Waals surface area (Å²) in [6.07, 6.45) is 7.10. The smallest absolute Gasteiger partial charge is 0.262 e. The maximum Gasteiger partial charge on any atom is 0.262 e. The minimum Gasteiger partial charge on any atom is -0.493 e. The Kier molecular flexibility index (Phi) is 15.5. The van der Waals surface area contributed by atoms with Crippen LogP contribution in [0.25, 0.3) is 24.3 Å². The normalized spacial score (nSPS) is 11.5. The van der Waals surface area contributed by atoms with Crippen LogP contribution in [-0.2, 0) is 20.0 Å². The number of nitrogens with one attached hydrogen (secondary N) is 2. The van der Waals surface area contributed by atoms with Crippen molar-refractivity contribution in [1.82, 2.24) is 0 Å². The summed E-state index contributed by atoms with van der Waals surface area (Å²) in [4.78, 5) is 0.0688. The van der Waals surface area contributed by atoms with E-state index in [1.165, 1.54) is 60.9 Å². The molecule has 334 valence electrons. The number of rotatable bonds is 20. The molecule has 0 heterocycles. The van der Waals surface area contributed by atoms with Gasteiger partial charge >= 0.3 is 0 Å². The molecule has 64 heavy (non-hydrogen) atoms. The number of anilines is 2. The second-order valence-electron chi connectivity index (χ2n) is 13.4. The van der Waals surface area contributed by atoms with Gasteiger partial charge in [0.05, 0.1) is 63.8 Å². The number of hydrogen-bond donors (Lipinski definition) is 2. The van der Waals surface area contributed by atoms with Crippen molar-refractivity contribution in [2.45, 2.75) is 9.79 Å². The van der Waals surface area contributed by atoms with Crippen LogP contribution >= 0.6 is 22.6 Å². The molecular weight excluding hydrogens is 976 g/mol. The average molecular weight is 1020 g/mol. The topological polar surface area (TPSA) is 166 Å². The summed E-state index contributed by atoms with van der Waals surface area (Å²) in [7, 11) is 0.969. The first-order chi connectivity index (χ1) is 30.8. The van der Waals surface area contributed by atoms with Gasteiger partial charge in [0.15, 0.2) is 34.5 Å². The third kappa shape index (κ3) is 11.3. The van der Waals surface area contributed by atoms with Gasteiger partial charge in [0.25, 0.3) is 20.0 Å². The summed E-state index contributed by atoms with van der Waals surface area (Å²) in [6, 6.07) is 31.7. The molecule has 14 nitrogen and oxygen atoms in total. The van der Waals surface area contributed by atoms with Crippen LogP contribution in [0.3, 0.4) is 0 Å². The second-order valence-corrected chi connectivity index (χ2v) is 18.0. The number of benzene rings is 6. The lowest BCUT2D eigenvalue weighted by Gasteiger charge is -2.17. The minimum absolute atomic E-state index is 0.0730. The van der Waals surface area contributed by atoms with Crippen molar-refractivity contribution in [3.8, 4) is 46.0 Å². The zero-order valence-electron chi connectivity index (χ0n) is 35.6. The molecule has 0 fully saturated rings. The van der Waals surface area contributed by atoms with E-state index < -0.39 is 20.0 Å². The number of halogens is 1. The van der Waals surface area contributed by atoms with Gasteiger partial charge in [0.2, 0.25) is 18.3 Å². The van der Waals surface area contributed by atoms with Crippen LogP contribution < -0.4 is 47.3 Å². The molecule has 0 saturated heterocycles. The summed E-state index contributed by atoms with van der Waals surface area (Å²) >= 11 is 2.12. The van der Waals surface area contributed by atoms with E-state index in [1.807, 2.05) is 0 Å². The standard InChI is InChI=1S/C47H45IN2O12S2/c1-55-41-29-37(64(53,54)50-39-14-10-8-12-34(39)17-15-31-25-42(56-2)46(59-5)43(26-31)57-3)23-24-40(41)61-30-62-45-28-32(27-44(58-4)47(45)60-6)16-18-33-11-7-9-13-38(33)49-63(51,52)36-21-19-35(48)20-22-36/h7-29,49-50H,30H2,1-6H3/b17-15-,18-16-. The van der Waals surface area contributed by atoms with Crippen LogP contribution in [0.4, 0.5) is 11.4 Å². The Morgan fingerprint density at radius 3 is 1.36 bits per heavy atom. The molecule has 0 unspecified atom stereocenters. The van der Waals surface area contributed by atoms with Crippen molar-refractivity contribution in [3.05, 3.63) is 141 Å². The molecule has 0 bridgehead atoms. The van der Waals surface area contributed by atoms with Gasteiger partial charge in [0, 0.05) is 9.64 Å². The summed E-state index contributed by atoms with van der Waals surface area (Å²) in [5, 5.41) is 0. The third-order valence-electron chi connectivity index (χ3n) is 9.47. The molecule has 0 aliphatic rings. The highest BCUT2D eigenvalue weighted by Crippen LogP contribution is 2.41. The van der Waals surface area contributed by atoms with Gasteiger partial charge in [-0.1, -0.05) is 60.7 Å². The van der Waals surface area contributed by atoms with Crippen LogP contribution in [0.15, 0.2) is 125 Å². The van der Waals surface area contributed by atoms with E-state index >= 15 is 0 Å². The molecule has 0 spiro atoms. The number of ether oxygens (including phenoxy) is 8. The van der Waals surface area contributed by atoms with E-state index in [9.17, 15) is 16.8 Å². The molecule has 0 saturated carbocycles. The maximum absolute atomic E-state index is 13.7. The minimum atomic E-state index is -4.11. The van der Waals surface area contributed by atoms with Crippen molar-refractivity contribution in [2.24, 2.45) is 0 Å². The first-order valence-corrected chi connectivity index (χ1v) is 23.2. The Labute approximate surface area is 386 Å². The molecule has 0 amide bonds. The van der Waals surface area contributed by atoms with Gasteiger partial charge in [0.1, 0.15) is 0 Å². The van der Waals surface area contributed by atoms with Gasteiger partial charge in [-0.25, -0.2) is 16.8 Å². The molecule has 0 atom stereocenters. The van der Waals surface area contributed by atoms with Crippen molar-refractivity contribution in [3.63, 3.8) is 0 Å². The zero-order valence-corrected chi connectivity index (χ0v) is 39.4. The molecule has 6 aromatic carbocycles. The van der Waals surface area contributed by atoms with Crippen LogP contribution in [0.5, 0.6) is 46.0 Å². The molecule has 17 heteroatoms. The van der Waals surface area contributed by atoms with E-state index in [0.717, 1.165) is 9.13 Å². The van der Waals surface area contributed by atoms with E-state index in [1.54, 1.807) is 121 Å². The molecule has 0 aliphatic heterocycles. The highest BCUT2D eigenvalue weighted by molar-refractivity contribution is 14.1. The Morgan fingerprint density at radius 2 is 0.875 bits per heavy atom. The highest BCUT2D eigenvalue weighted by Gasteiger charge is 2.21. The second kappa shape index (κ2) is 21.2. The fourth-order valence-electron chi connectivity index (χ4n) is 6.31. The van der Waals surface area contributed by atoms with Crippen LogP contribution in [0, 0.1) is 3.57 Å². The quantitative estimate of drug-likeness (QED) is 0.0423. The van der Waals surface area contributed by atoms with Crippen LogP contribution in [0.2, 0.25) is 0 Å². The summed E-state index contributed by atoms with van der Waals surface area (Å²) in [5.41, 5.74) is 3.31. The van der Waals surface area contributed by atoms with Crippen LogP contribution in [0.1, 0.15) is 22.3 Å². The lowest BCUT2D eigenvalue weighted by Crippen LogP contribution is -2.14. The molecule has 0 aromatic heterocycles. The number of para-hydroxylation sites is 2. The molecule has 2 N–H and O–H groups in total. The van der Waals surface area contributed by atoms with Crippen LogP contribution in [-0.4, -0.2) is 66.3 Å². The van der Waals surface area contributed by atoms with Gasteiger partial charge in [-0.15, -0.1) is 0 Å². The fourth-order valence-corrected chi connectivity index (χ4v) is 8.86. The monoisotopic (exact) mass is 1020 g/mol. The first kappa shape index (κ1) is 46.9. The van der Waals surface area contributed by atoms with Gasteiger partial charge < -0.3 is 37.9 Å². The van der Waals surface area contributed by atoms with E-state index in [0.29, 0.717) is 56.8 Å². The van der Waals surface area contributed by atoms with Gasteiger partial charge in [-0.05, 0) is 118 Å². The number of methoxy groups -OCH3 is 6. The predicted molar refractivity (Wildman–Crippen MR) is 256 cm³/mol. The zero-order chi connectivity index (χ0) is 45.9. The van der Waals surface area contributed by atoms with Gasteiger partial charge in [-0.3, -0.25) is 9.44 Å². The average Bonchev–Trinajstić information content (AvgIpc) is 3.30. The Hall–Kier alpha value is -6.57. The molecule has 6 rings (SSSR count). The fraction of sp³-hybridized carbons (Fsp3) is 0.149. The van der Waals surface area contributed by atoms with Crippen molar-refractivity contribution >= 4 is 78.3 Å². The Balaban J connectivity index is 1.16. The van der Waals surface area contributed by atoms with Gasteiger partial charge in [-0.2, -0.15) is 0 Å². The molecule has 6 aromatic rings. The van der Waals surface area contributed by atoms with Crippen molar-refractivity contribution in [1.29, 1.82) is 0 Å².